The fraction of sp³-hybridized carbons (Fsp3) is 0.368. The predicted molar refractivity (Wildman–Crippen MR) is 106 cm³/mol. The number of aromatic nitrogens is 2. The molecule has 1 N–H and O–H groups in total. The van der Waals surface area contributed by atoms with Crippen LogP contribution in [0.4, 0.5) is 19.5 Å². The van der Waals surface area contributed by atoms with E-state index in [0.29, 0.717) is 11.7 Å². The third-order valence-electron chi connectivity index (χ3n) is 5.04. The van der Waals surface area contributed by atoms with E-state index in [4.69, 9.17) is 0 Å². The largest absolute Gasteiger partial charge is 0.361 e. The second-order valence-corrected chi connectivity index (χ2v) is 8.21. The Morgan fingerprint density at radius 1 is 1.25 bits per heavy atom. The summed E-state index contributed by atoms with van der Waals surface area (Å²) in [6.45, 7) is 6.31. The van der Waals surface area contributed by atoms with Crippen molar-refractivity contribution in [2.45, 2.75) is 19.9 Å². The number of aryl methyl sites for hydroxylation is 1. The topological polar surface area (TPSA) is 52.9 Å². The lowest BCUT2D eigenvalue weighted by Crippen LogP contribution is -2.49. The molecule has 6 nitrogen and oxygen atoms in total. The first-order chi connectivity index (χ1) is 13.3. The lowest BCUT2D eigenvalue weighted by atomic mass is 10.2. The molecule has 1 aliphatic heterocycles. The monoisotopic (exact) mass is 405 g/mol. The number of rotatable bonds is 3. The molecular weight excluding hydrogens is 384 g/mol. The summed E-state index contributed by atoms with van der Waals surface area (Å²) >= 11 is 1.12. The highest BCUT2D eigenvalue weighted by Gasteiger charge is 2.25. The molecule has 0 aromatic carbocycles. The second-order valence-electron chi connectivity index (χ2n) is 7.18. The summed E-state index contributed by atoms with van der Waals surface area (Å²) in [5.74, 6) is -1.71. The van der Waals surface area contributed by atoms with E-state index < -0.39 is 17.5 Å². The molecular formula is C19H21F2N5OS. The molecule has 1 amide bonds. The number of piperazine rings is 1. The van der Waals surface area contributed by atoms with Crippen LogP contribution in [0.15, 0.2) is 24.5 Å². The van der Waals surface area contributed by atoms with Crippen molar-refractivity contribution in [1.82, 2.24) is 14.3 Å². The number of hydrogen-bond acceptors (Lipinski definition) is 5. The van der Waals surface area contributed by atoms with Gasteiger partial charge in [-0.15, -0.1) is 11.3 Å². The van der Waals surface area contributed by atoms with E-state index in [9.17, 15) is 13.6 Å². The number of amides is 1. The maximum absolute atomic E-state index is 14.5. The maximum Gasteiger partial charge on any atom is 0.268 e. The number of fused-ring (bicyclic) bond motifs is 1. The number of likely N-dealkylation sites (N-methyl/N-ethyl adjacent to an activating group) is 1. The van der Waals surface area contributed by atoms with Gasteiger partial charge in [-0.25, -0.2) is 13.8 Å². The Morgan fingerprint density at radius 3 is 2.79 bits per heavy atom. The van der Waals surface area contributed by atoms with Gasteiger partial charge in [-0.2, -0.15) is 0 Å². The van der Waals surface area contributed by atoms with Crippen molar-refractivity contribution in [1.29, 1.82) is 0 Å². The average molecular weight is 405 g/mol. The third-order valence-corrected chi connectivity index (χ3v) is 6.21. The molecule has 0 radical (unpaired) electrons. The van der Waals surface area contributed by atoms with E-state index in [2.05, 4.69) is 34.1 Å². The first kappa shape index (κ1) is 18.8. The number of pyridine rings is 1. The third kappa shape index (κ3) is 3.47. The van der Waals surface area contributed by atoms with Crippen LogP contribution in [0, 0.1) is 18.6 Å². The van der Waals surface area contributed by atoms with E-state index in [1.807, 2.05) is 0 Å². The van der Waals surface area contributed by atoms with Gasteiger partial charge in [0.15, 0.2) is 11.5 Å². The number of carbonyl (C=O) groups excluding carboxylic acids is 1. The highest BCUT2D eigenvalue weighted by atomic mass is 32.1. The van der Waals surface area contributed by atoms with Crippen molar-refractivity contribution in [3.05, 3.63) is 46.7 Å². The van der Waals surface area contributed by atoms with Gasteiger partial charge in [0.2, 0.25) is 0 Å². The molecule has 28 heavy (non-hydrogen) atoms. The maximum atomic E-state index is 14.5. The molecule has 9 heteroatoms. The van der Waals surface area contributed by atoms with Crippen molar-refractivity contribution in [2.24, 2.45) is 0 Å². The molecule has 4 heterocycles. The van der Waals surface area contributed by atoms with Crippen molar-refractivity contribution in [3.8, 4) is 0 Å². The number of halogens is 2. The first-order valence-corrected chi connectivity index (χ1v) is 9.84. The summed E-state index contributed by atoms with van der Waals surface area (Å²) in [4.78, 5) is 21.0. The number of imidazole rings is 1. The van der Waals surface area contributed by atoms with Gasteiger partial charge in [-0.3, -0.25) is 4.79 Å². The van der Waals surface area contributed by atoms with E-state index >= 15 is 0 Å². The van der Waals surface area contributed by atoms with Crippen LogP contribution in [-0.2, 0) is 0 Å². The molecule has 0 bridgehead atoms. The zero-order valence-electron chi connectivity index (χ0n) is 15.9. The second kappa shape index (κ2) is 7.14. The van der Waals surface area contributed by atoms with Gasteiger partial charge in [0.1, 0.15) is 10.7 Å². The Kier molecular flexibility index (Phi) is 4.80. The lowest BCUT2D eigenvalue weighted by Gasteiger charge is -2.38. The molecule has 1 unspecified atom stereocenters. The minimum atomic E-state index is -0.591. The minimum Gasteiger partial charge on any atom is -0.361 e. The summed E-state index contributed by atoms with van der Waals surface area (Å²) in [5, 5.41) is 3.32. The number of carbonyl (C=O) groups is 1. The zero-order valence-corrected chi connectivity index (χ0v) is 16.7. The summed E-state index contributed by atoms with van der Waals surface area (Å²) in [5.41, 5.74) is 1.09. The molecule has 3 aromatic heterocycles. The van der Waals surface area contributed by atoms with Gasteiger partial charge in [0.25, 0.3) is 5.91 Å². The number of thiophene rings is 1. The molecule has 3 aromatic rings. The van der Waals surface area contributed by atoms with Gasteiger partial charge < -0.3 is 19.5 Å². The fourth-order valence-electron chi connectivity index (χ4n) is 3.35. The predicted octanol–water partition coefficient (Wildman–Crippen LogP) is 3.38. The van der Waals surface area contributed by atoms with Gasteiger partial charge in [0, 0.05) is 50.2 Å². The van der Waals surface area contributed by atoms with Crippen molar-refractivity contribution in [3.63, 3.8) is 0 Å². The Morgan fingerprint density at radius 2 is 2.04 bits per heavy atom. The molecule has 1 fully saturated rings. The van der Waals surface area contributed by atoms with Crippen LogP contribution < -0.4 is 10.2 Å². The number of nitrogens with zero attached hydrogens (tertiary/aromatic N) is 4. The van der Waals surface area contributed by atoms with E-state index in [-0.39, 0.29) is 16.2 Å². The summed E-state index contributed by atoms with van der Waals surface area (Å²) in [6, 6.07) is 2.94. The van der Waals surface area contributed by atoms with Crippen molar-refractivity contribution < 1.29 is 13.6 Å². The highest BCUT2D eigenvalue weighted by Crippen LogP contribution is 2.31. The van der Waals surface area contributed by atoms with Crippen LogP contribution in [0.25, 0.3) is 5.65 Å². The van der Waals surface area contributed by atoms with Gasteiger partial charge in [-0.05, 0) is 20.9 Å². The number of hydrogen-bond donors (Lipinski definition) is 1. The minimum absolute atomic E-state index is 0.0103. The van der Waals surface area contributed by atoms with Crippen LogP contribution in [0.5, 0.6) is 0 Å². The average Bonchev–Trinajstić information content (AvgIpc) is 3.20. The molecule has 0 aliphatic carbocycles. The lowest BCUT2D eigenvalue weighted by molar-refractivity contribution is 0.102. The summed E-state index contributed by atoms with van der Waals surface area (Å²) < 4.78 is 30.1. The standard InChI is InChI=1S/C19H21F2N5OS/c1-11-8-26-10-13(6-15(21)18(26)22-11)23-19(27)17-14(20)7-16(28-17)25-5-4-24(3)12(2)9-25/h6-8,10,12H,4-5,9H2,1-3H3,(H,23,27). The Hall–Kier alpha value is -2.52. The van der Waals surface area contributed by atoms with E-state index in [0.717, 1.165) is 36.0 Å². The van der Waals surface area contributed by atoms with Crippen LogP contribution >= 0.6 is 11.3 Å². The molecule has 1 saturated heterocycles. The van der Waals surface area contributed by atoms with E-state index in [1.165, 1.54) is 16.5 Å². The number of anilines is 2. The zero-order chi connectivity index (χ0) is 20.0. The van der Waals surface area contributed by atoms with Crippen LogP contribution in [0.1, 0.15) is 22.3 Å². The van der Waals surface area contributed by atoms with Crippen LogP contribution in [-0.4, -0.2) is 52.9 Å². The van der Waals surface area contributed by atoms with Gasteiger partial charge >= 0.3 is 0 Å². The SMILES string of the molecule is Cc1cn2cc(NC(=O)c3sc(N4CCN(C)C(C)C4)cc3F)cc(F)c2n1. The fourth-order valence-corrected chi connectivity index (χ4v) is 4.32. The van der Waals surface area contributed by atoms with E-state index in [1.54, 1.807) is 19.3 Å². The number of nitrogens with one attached hydrogen (secondary N) is 1. The smallest absolute Gasteiger partial charge is 0.268 e. The van der Waals surface area contributed by atoms with Crippen molar-refractivity contribution >= 4 is 33.6 Å². The first-order valence-electron chi connectivity index (χ1n) is 9.02. The Labute approximate surface area is 165 Å². The van der Waals surface area contributed by atoms with Crippen molar-refractivity contribution in [2.75, 3.05) is 36.9 Å². The summed E-state index contributed by atoms with van der Waals surface area (Å²) in [6.07, 6.45) is 3.22. The molecule has 4 rings (SSSR count). The normalized spacial score (nSPS) is 18.0. The van der Waals surface area contributed by atoms with Gasteiger partial charge in [0.05, 0.1) is 16.4 Å². The highest BCUT2D eigenvalue weighted by molar-refractivity contribution is 7.18. The molecule has 0 saturated carbocycles. The quantitative estimate of drug-likeness (QED) is 0.726. The molecule has 148 valence electrons. The molecule has 0 spiro atoms. The Balaban J connectivity index is 1.55. The van der Waals surface area contributed by atoms with Crippen LogP contribution in [0.3, 0.4) is 0 Å². The summed E-state index contributed by atoms with van der Waals surface area (Å²) in [7, 11) is 2.06. The Bertz CT molecular complexity index is 1050. The molecule has 1 aliphatic rings. The van der Waals surface area contributed by atoms with Crippen LogP contribution in [0.2, 0.25) is 0 Å². The molecule has 1 atom stereocenters. The van der Waals surface area contributed by atoms with Gasteiger partial charge in [-0.1, -0.05) is 0 Å².